The highest BCUT2D eigenvalue weighted by Gasteiger charge is 2.61. The van der Waals surface area contributed by atoms with Crippen LogP contribution in [0.5, 0.6) is 11.6 Å². The molecule has 1 aromatic carbocycles. The minimum Gasteiger partial charge on any atom is -0.497 e. The average Bonchev–Trinajstić information content (AvgIpc) is 3.50. The van der Waals surface area contributed by atoms with E-state index < -0.39 is 58.9 Å². The fourth-order valence-electron chi connectivity index (χ4n) is 5.32. The van der Waals surface area contributed by atoms with Crippen LogP contribution in [0.25, 0.3) is 10.8 Å². The SMILES string of the molecule is C=C[C@@H]1C[C@]1(NC(=O)[C@@H]1C[C@@H](Oc2nccc3cc(OC)ccc23)CN1C(=O)[C@@H](NC(=O)OC(=C)C)C(C)(C)C)C(=O)O. The molecule has 2 heterocycles. The fraction of sp³-hybridized carbons (Fsp3) is 0.452. The third-order valence-electron chi connectivity index (χ3n) is 7.73. The van der Waals surface area contributed by atoms with E-state index in [0.29, 0.717) is 17.0 Å². The van der Waals surface area contributed by atoms with Crippen molar-refractivity contribution in [2.75, 3.05) is 13.7 Å². The lowest BCUT2D eigenvalue weighted by Crippen LogP contribution is -2.59. The summed E-state index contributed by atoms with van der Waals surface area (Å²) in [5.74, 6) is -1.69. The number of carboxylic acid groups (broad SMARTS) is 1. The quantitative estimate of drug-likeness (QED) is 0.277. The van der Waals surface area contributed by atoms with Crippen LogP contribution >= 0.6 is 0 Å². The zero-order chi connectivity index (χ0) is 31.7. The summed E-state index contributed by atoms with van der Waals surface area (Å²) in [4.78, 5) is 58.1. The molecule has 12 heteroatoms. The molecule has 5 atom stereocenters. The second kappa shape index (κ2) is 11.9. The lowest BCUT2D eigenvalue weighted by Gasteiger charge is -2.35. The van der Waals surface area contributed by atoms with Crippen molar-refractivity contribution in [1.82, 2.24) is 20.5 Å². The molecule has 2 fully saturated rings. The summed E-state index contributed by atoms with van der Waals surface area (Å²) < 4.78 is 16.6. The molecule has 2 aliphatic rings. The lowest BCUT2D eigenvalue weighted by molar-refractivity contribution is -0.146. The van der Waals surface area contributed by atoms with Gasteiger partial charge in [-0.05, 0) is 48.4 Å². The lowest BCUT2D eigenvalue weighted by atomic mass is 9.85. The van der Waals surface area contributed by atoms with E-state index >= 15 is 0 Å². The number of methoxy groups -OCH3 is 1. The van der Waals surface area contributed by atoms with Crippen molar-refractivity contribution >= 4 is 34.6 Å². The van der Waals surface area contributed by atoms with Crippen LogP contribution in [0.3, 0.4) is 0 Å². The molecule has 1 saturated heterocycles. The Bertz CT molecular complexity index is 1470. The van der Waals surface area contributed by atoms with Crippen molar-refractivity contribution < 1.29 is 38.5 Å². The first-order valence-electron chi connectivity index (χ1n) is 13.9. The predicted molar refractivity (Wildman–Crippen MR) is 157 cm³/mol. The van der Waals surface area contributed by atoms with Gasteiger partial charge in [-0.2, -0.15) is 0 Å². The number of amides is 3. The molecule has 2 aromatic rings. The molecule has 0 spiro atoms. The first-order valence-corrected chi connectivity index (χ1v) is 13.9. The van der Waals surface area contributed by atoms with Crippen LogP contribution < -0.4 is 20.1 Å². The van der Waals surface area contributed by atoms with Crippen molar-refractivity contribution in [2.24, 2.45) is 11.3 Å². The van der Waals surface area contributed by atoms with E-state index in [1.807, 2.05) is 18.2 Å². The summed E-state index contributed by atoms with van der Waals surface area (Å²) in [5, 5.41) is 16.7. The molecule has 1 aromatic heterocycles. The molecule has 1 saturated carbocycles. The third-order valence-corrected chi connectivity index (χ3v) is 7.73. The number of carbonyl (C=O) groups is 4. The van der Waals surface area contributed by atoms with Gasteiger partial charge in [0, 0.05) is 23.9 Å². The average molecular weight is 595 g/mol. The Kier molecular flexibility index (Phi) is 8.70. The van der Waals surface area contributed by atoms with E-state index in [9.17, 15) is 24.3 Å². The molecular formula is C31H38N4O8. The van der Waals surface area contributed by atoms with E-state index in [0.717, 1.165) is 5.39 Å². The Morgan fingerprint density at radius 1 is 1.23 bits per heavy atom. The van der Waals surface area contributed by atoms with Crippen LogP contribution in [0, 0.1) is 11.3 Å². The second-order valence-electron chi connectivity index (χ2n) is 12.0. The maximum Gasteiger partial charge on any atom is 0.412 e. The van der Waals surface area contributed by atoms with E-state index in [-0.39, 0.29) is 25.1 Å². The number of fused-ring (bicyclic) bond motifs is 1. The number of hydrogen-bond donors (Lipinski definition) is 3. The van der Waals surface area contributed by atoms with E-state index in [4.69, 9.17) is 14.2 Å². The number of pyridine rings is 1. The maximum atomic E-state index is 14.1. The number of allylic oxidation sites excluding steroid dienone is 1. The molecule has 43 heavy (non-hydrogen) atoms. The normalized spacial score (nSPS) is 23.6. The number of likely N-dealkylation sites (tertiary alicyclic amines) is 1. The number of nitrogens with zero attached hydrogens (tertiary/aromatic N) is 2. The second-order valence-corrected chi connectivity index (χ2v) is 12.0. The van der Waals surface area contributed by atoms with E-state index in [1.54, 1.807) is 40.1 Å². The molecule has 0 unspecified atom stereocenters. The molecule has 0 bridgehead atoms. The number of nitrogens with one attached hydrogen (secondary N) is 2. The third kappa shape index (κ3) is 6.58. The van der Waals surface area contributed by atoms with Gasteiger partial charge in [0.15, 0.2) is 0 Å². The number of ether oxygens (including phenoxy) is 3. The molecule has 3 N–H and O–H groups in total. The molecule has 12 nitrogen and oxygen atoms in total. The predicted octanol–water partition coefficient (Wildman–Crippen LogP) is 3.41. The smallest absolute Gasteiger partial charge is 0.412 e. The highest BCUT2D eigenvalue weighted by molar-refractivity contribution is 5.96. The van der Waals surface area contributed by atoms with Crippen molar-refractivity contribution in [1.29, 1.82) is 0 Å². The summed E-state index contributed by atoms with van der Waals surface area (Å²) in [7, 11) is 1.57. The van der Waals surface area contributed by atoms with Crippen molar-refractivity contribution in [2.45, 2.75) is 64.3 Å². The minimum atomic E-state index is -1.49. The summed E-state index contributed by atoms with van der Waals surface area (Å²) in [6.45, 7) is 14.0. The van der Waals surface area contributed by atoms with Crippen LogP contribution in [-0.4, -0.2) is 76.2 Å². The Balaban J connectivity index is 1.65. The number of aliphatic carboxylic acids is 1. The summed E-state index contributed by atoms with van der Waals surface area (Å²) in [5.41, 5.74) is -2.27. The van der Waals surface area contributed by atoms with Crippen LogP contribution in [0.15, 0.2) is 55.5 Å². The Labute approximate surface area is 250 Å². The standard InChI is InChI=1S/C31H38N4O8/c1-8-19-15-31(19,28(38)39)34-25(36)23-14-21(43-26-22-10-9-20(41-7)13-18(22)11-12-32-26)16-35(23)27(37)24(30(4,5)6)33-29(40)42-17(2)3/h8-13,19,21,23-24H,1-2,14-16H2,3-7H3,(H,33,40)(H,34,36)(H,38,39)/t19-,21-,23+,24-,31-/m1/s1. The van der Waals surface area contributed by atoms with Gasteiger partial charge in [0.25, 0.3) is 0 Å². The van der Waals surface area contributed by atoms with Gasteiger partial charge in [0.2, 0.25) is 17.7 Å². The van der Waals surface area contributed by atoms with Gasteiger partial charge >= 0.3 is 12.1 Å². The number of carbonyl (C=O) groups excluding carboxylic acids is 3. The van der Waals surface area contributed by atoms with Gasteiger partial charge in [-0.1, -0.05) is 33.4 Å². The number of rotatable bonds is 10. The molecule has 4 rings (SSSR count). The molecule has 0 radical (unpaired) electrons. The first kappa shape index (κ1) is 31.3. The highest BCUT2D eigenvalue weighted by Crippen LogP contribution is 2.45. The first-order chi connectivity index (χ1) is 20.2. The number of hydrogen-bond acceptors (Lipinski definition) is 8. The van der Waals surface area contributed by atoms with Gasteiger partial charge in [-0.15, -0.1) is 6.58 Å². The number of alkyl carbamates (subject to hydrolysis) is 1. The van der Waals surface area contributed by atoms with E-state index in [1.165, 1.54) is 17.9 Å². The number of aromatic nitrogens is 1. The van der Waals surface area contributed by atoms with Crippen LogP contribution in [0.4, 0.5) is 4.79 Å². The highest BCUT2D eigenvalue weighted by atomic mass is 16.6. The van der Waals surface area contributed by atoms with Crippen LogP contribution in [0.1, 0.15) is 40.5 Å². The number of benzene rings is 1. The Morgan fingerprint density at radius 3 is 2.53 bits per heavy atom. The van der Waals surface area contributed by atoms with Gasteiger partial charge in [0.05, 0.1) is 19.4 Å². The summed E-state index contributed by atoms with van der Waals surface area (Å²) >= 11 is 0. The van der Waals surface area contributed by atoms with Gasteiger partial charge in [0.1, 0.15) is 29.5 Å². The van der Waals surface area contributed by atoms with Gasteiger partial charge in [-0.25, -0.2) is 14.6 Å². The molecule has 230 valence electrons. The van der Waals surface area contributed by atoms with Gasteiger partial charge < -0.3 is 34.9 Å². The Morgan fingerprint density at radius 2 is 1.95 bits per heavy atom. The summed E-state index contributed by atoms with van der Waals surface area (Å²) in [6.07, 6.45) is 1.81. The molecule has 3 amide bonds. The Hall–Kier alpha value is -4.61. The molecule has 1 aliphatic carbocycles. The van der Waals surface area contributed by atoms with Crippen LogP contribution in [0.2, 0.25) is 0 Å². The zero-order valence-corrected chi connectivity index (χ0v) is 25.0. The summed E-state index contributed by atoms with van der Waals surface area (Å²) in [6, 6.07) is 5.06. The van der Waals surface area contributed by atoms with Crippen LogP contribution in [-0.2, 0) is 19.1 Å². The monoisotopic (exact) mass is 594 g/mol. The van der Waals surface area contributed by atoms with E-state index in [2.05, 4.69) is 28.8 Å². The molecule has 1 aliphatic heterocycles. The maximum absolute atomic E-state index is 14.1. The number of carboxylic acids is 1. The van der Waals surface area contributed by atoms with Crippen molar-refractivity contribution in [3.05, 3.63) is 55.5 Å². The minimum absolute atomic E-state index is 0.0140. The van der Waals surface area contributed by atoms with Gasteiger partial charge in [-0.3, -0.25) is 9.59 Å². The molecular weight excluding hydrogens is 556 g/mol. The zero-order valence-electron chi connectivity index (χ0n) is 25.0. The largest absolute Gasteiger partial charge is 0.497 e. The van der Waals surface area contributed by atoms with Crippen molar-refractivity contribution in [3.8, 4) is 11.6 Å². The fourth-order valence-corrected chi connectivity index (χ4v) is 5.32. The van der Waals surface area contributed by atoms with Crippen molar-refractivity contribution in [3.63, 3.8) is 0 Å². The topological polar surface area (TPSA) is 156 Å².